The van der Waals surface area contributed by atoms with Gasteiger partial charge in [-0.2, -0.15) is 4.31 Å². The molecule has 9 nitrogen and oxygen atoms in total. The van der Waals surface area contributed by atoms with Crippen molar-refractivity contribution in [3.05, 3.63) is 29.8 Å². The van der Waals surface area contributed by atoms with Crippen molar-refractivity contribution in [3.63, 3.8) is 0 Å². The van der Waals surface area contributed by atoms with Gasteiger partial charge in [-0.15, -0.1) is 0 Å². The summed E-state index contributed by atoms with van der Waals surface area (Å²) >= 11 is 0. The molecule has 2 aliphatic heterocycles. The Morgan fingerprint density at radius 3 is 2.48 bits per heavy atom. The van der Waals surface area contributed by atoms with E-state index in [0.29, 0.717) is 32.6 Å². The molecule has 2 saturated heterocycles. The molecule has 1 aromatic rings. The van der Waals surface area contributed by atoms with Gasteiger partial charge in [-0.3, -0.25) is 9.69 Å². The Balaban J connectivity index is 1.73. The van der Waals surface area contributed by atoms with Crippen molar-refractivity contribution in [1.82, 2.24) is 14.5 Å². The van der Waals surface area contributed by atoms with Crippen LogP contribution in [0.1, 0.15) is 25.3 Å². The van der Waals surface area contributed by atoms with Gasteiger partial charge < -0.3 is 10.1 Å². The molecule has 0 bridgehead atoms. The number of amides is 1. The third-order valence-corrected chi connectivity index (χ3v) is 9.36. The van der Waals surface area contributed by atoms with Crippen LogP contribution >= 0.6 is 0 Å². The summed E-state index contributed by atoms with van der Waals surface area (Å²) in [6.07, 6.45) is 0.941. The predicted octanol–water partition coefficient (Wildman–Crippen LogP) is 0.223. The molecule has 0 spiro atoms. The molecule has 0 aliphatic carbocycles. The summed E-state index contributed by atoms with van der Waals surface area (Å²) in [5, 5.41) is 2.68. The highest BCUT2D eigenvalue weighted by Gasteiger charge is 2.38. The predicted molar refractivity (Wildman–Crippen MR) is 117 cm³/mol. The second-order valence-corrected chi connectivity index (χ2v) is 12.2. The Bertz CT molecular complexity index is 957. The Morgan fingerprint density at radius 1 is 1.23 bits per heavy atom. The second kappa shape index (κ2) is 10.4. The Labute approximate surface area is 184 Å². The van der Waals surface area contributed by atoms with Gasteiger partial charge in [0.2, 0.25) is 15.9 Å². The van der Waals surface area contributed by atoms with Crippen LogP contribution in [0.2, 0.25) is 0 Å². The first-order chi connectivity index (χ1) is 14.7. The largest absolute Gasteiger partial charge is 0.379 e. The molecule has 0 saturated carbocycles. The SMILES string of the molecule is CC(=O)NCc1ccc(S(=O)(=O)N(CCCN2CCOCC2)[C@@H]2CCS(=O)(=O)C2)cc1. The molecule has 2 fully saturated rings. The third-order valence-electron chi connectivity index (χ3n) is 5.64. The summed E-state index contributed by atoms with van der Waals surface area (Å²) in [4.78, 5) is 13.4. The zero-order valence-corrected chi connectivity index (χ0v) is 19.5. The topological polar surface area (TPSA) is 113 Å². The molecular weight excluding hydrogens is 442 g/mol. The maximum Gasteiger partial charge on any atom is 0.243 e. The normalized spacial score (nSPS) is 21.9. The summed E-state index contributed by atoms with van der Waals surface area (Å²) < 4.78 is 57.6. The lowest BCUT2D eigenvalue weighted by Crippen LogP contribution is -2.43. The van der Waals surface area contributed by atoms with Gasteiger partial charge in [-0.05, 0) is 37.1 Å². The quantitative estimate of drug-likeness (QED) is 0.546. The first-order valence-corrected chi connectivity index (χ1v) is 13.8. The minimum absolute atomic E-state index is 0.0167. The molecule has 1 amide bonds. The molecule has 31 heavy (non-hydrogen) atoms. The summed E-state index contributed by atoms with van der Waals surface area (Å²) in [6, 6.07) is 5.83. The van der Waals surface area contributed by atoms with Crippen LogP contribution in [0.15, 0.2) is 29.2 Å². The van der Waals surface area contributed by atoms with E-state index in [1.54, 1.807) is 12.1 Å². The first kappa shape index (κ1) is 24.1. The molecule has 2 aliphatic rings. The number of sulfone groups is 1. The van der Waals surface area contributed by atoms with Crippen LogP contribution < -0.4 is 5.32 Å². The molecule has 174 valence electrons. The van der Waals surface area contributed by atoms with Gasteiger partial charge in [0.1, 0.15) is 0 Å². The molecule has 0 aromatic heterocycles. The number of morpholine rings is 1. The maximum atomic E-state index is 13.4. The zero-order chi connectivity index (χ0) is 22.5. The van der Waals surface area contributed by atoms with Crippen LogP contribution in [0.5, 0.6) is 0 Å². The molecule has 11 heteroatoms. The standard InChI is InChI=1S/C20H31N3O6S2/c1-17(24)21-15-18-3-5-20(6-4-18)31(27,28)23(19-7-14-30(25,26)16-19)9-2-8-22-10-12-29-13-11-22/h3-6,19H,2,7-16H2,1H3,(H,21,24)/t19-/m1/s1. The van der Waals surface area contributed by atoms with E-state index in [1.807, 2.05) is 0 Å². The average molecular weight is 474 g/mol. The fourth-order valence-electron chi connectivity index (χ4n) is 3.92. The molecule has 1 N–H and O–H groups in total. The maximum absolute atomic E-state index is 13.4. The van der Waals surface area contributed by atoms with Crippen LogP contribution in [0.3, 0.4) is 0 Å². The number of carbonyl (C=O) groups is 1. The van der Waals surface area contributed by atoms with Gasteiger partial charge in [0.05, 0.1) is 29.6 Å². The smallest absolute Gasteiger partial charge is 0.243 e. The van der Waals surface area contributed by atoms with E-state index in [1.165, 1.54) is 23.4 Å². The van der Waals surface area contributed by atoms with Crippen LogP contribution in [0, 0.1) is 0 Å². The Hall–Kier alpha value is -1.53. The minimum atomic E-state index is -3.85. The van der Waals surface area contributed by atoms with Crippen molar-refractivity contribution >= 4 is 25.8 Å². The lowest BCUT2D eigenvalue weighted by Gasteiger charge is -2.30. The third kappa shape index (κ3) is 6.72. The Morgan fingerprint density at radius 2 is 1.90 bits per heavy atom. The highest BCUT2D eigenvalue weighted by Crippen LogP contribution is 2.25. The number of nitrogens with one attached hydrogen (secondary N) is 1. The van der Waals surface area contributed by atoms with Crippen molar-refractivity contribution in [3.8, 4) is 0 Å². The lowest BCUT2D eigenvalue weighted by atomic mass is 10.2. The van der Waals surface area contributed by atoms with Crippen LogP contribution in [-0.4, -0.2) is 88.9 Å². The van der Waals surface area contributed by atoms with E-state index in [2.05, 4.69) is 10.2 Å². The van der Waals surface area contributed by atoms with Crippen molar-refractivity contribution in [2.45, 2.75) is 37.2 Å². The van der Waals surface area contributed by atoms with Crippen molar-refractivity contribution in [2.24, 2.45) is 0 Å². The number of hydrogen-bond donors (Lipinski definition) is 1. The molecular formula is C20H31N3O6S2. The number of benzene rings is 1. The average Bonchev–Trinajstić information content (AvgIpc) is 3.09. The van der Waals surface area contributed by atoms with E-state index < -0.39 is 25.9 Å². The van der Waals surface area contributed by atoms with Gasteiger partial charge in [0.15, 0.2) is 9.84 Å². The van der Waals surface area contributed by atoms with Gasteiger partial charge in [-0.25, -0.2) is 16.8 Å². The Kier molecular flexibility index (Phi) is 8.08. The van der Waals surface area contributed by atoms with E-state index >= 15 is 0 Å². The lowest BCUT2D eigenvalue weighted by molar-refractivity contribution is -0.119. The molecule has 1 atom stereocenters. The fraction of sp³-hybridized carbons (Fsp3) is 0.650. The molecule has 3 rings (SSSR count). The number of hydrogen-bond acceptors (Lipinski definition) is 7. The zero-order valence-electron chi connectivity index (χ0n) is 17.8. The molecule has 0 unspecified atom stereocenters. The second-order valence-electron chi connectivity index (χ2n) is 8.03. The van der Waals surface area contributed by atoms with Gasteiger partial charge in [0, 0.05) is 39.1 Å². The highest BCUT2D eigenvalue weighted by atomic mass is 32.2. The van der Waals surface area contributed by atoms with E-state index in [0.717, 1.165) is 25.2 Å². The monoisotopic (exact) mass is 473 g/mol. The van der Waals surface area contributed by atoms with Gasteiger partial charge in [0.25, 0.3) is 0 Å². The molecule has 0 radical (unpaired) electrons. The summed E-state index contributed by atoms with van der Waals surface area (Å²) in [5.41, 5.74) is 0.788. The fourth-order valence-corrected chi connectivity index (χ4v) is 7.44. The number of sulfonamides is 1. The number of rotatable bonds is 9. The van der Waals surface area contributed by atoms with Crippen LogP contribution in [0.25, 0.3) is 0 Å². The van der Waals surface area contributed by atoms with E-state index in [9.17, 15) is 21.6 Å². The van der Waals surface area contributed by atoms with E-state index in [-0.39, 0.29) is 28.9 Å². The van der Waals surface area contributed by atoms with Crippen LogP contribution in [0.4, 0.5) is 0 Å². The first-order valence-electron chi connectivity index (χ1n) is 10.5. The van der Waals surface area contributed by atoms with Crippen molar-refractivity contribution < 1.29 is 26.4 Å². The van der Waals surface area contributed by atoms with Gasteiger partial charge in [-0.1, -0.05) is 12.1 Å². The minimum Gasteiger partial charge on any atom is -0.379 e. The number of nitrogens with zero attached hydrogens (tertiary/aromatic N) is 2. The summed E-state index contributed by atoms with van der Waals surface area (Å²) in [7, 11) is -7.07. The number of carbonyl (C=O) groups excluding carboxylic acids is 1. The molecule has 1 aromatic carbocycles. The van der Waals surface area contributed by atoms with Crippen molar-refractivity contribution in [2.75, 3.05) is 50.9 Å². The summed E-state index contributed by atoms with van der Waals surface area (Å²) in [6.45, 7) is 5.74. The molecule has 2 heterocycles. The summed E-state index contributed by atoms with van der Waals surface area (Å²) in [5.74, 6) is -0.279. The van der Waals surface area contributed by atoms with Crippen LogP contribution in [-0.2, 0) is 35.9 Å². The van der Waals surface area contributed by atoms with E-state index in [4.69, 9.17) is 4.74 Å². The van der Waals surface area contributed by atoms with Gasteiger partial charge >= 0.3 is 0 Å². The highest BCUT2D eigenvalue weighted by molar-refractivity contribution is 7.92. The van der Waals surface area contributed by atoms with Crippen molar-refractivity contribution in [1.29, 1.82) is 0 Å². The number of ether oxygens (including phenoxy) is 1.